The Labute approximate surface area is 92.6 Å². The Hall–Kier alpha value is -0.940. The van der Waals surface area contributed by atoms with E-state index in [4.69, 9.17) is 5.11 Å². The van der Waals surface area contributed by atoms with Crippen molar-refractivity contribution in [3.05, 3.63) is 16.1 Å². The Bertz CT molecular complexity index is 364. The van der Waals surface area contributed by atoms with Crippen LogP contribution < -0.4 is 0 Å². The summed E-state index contributed by atoms with van der Waals surface area (Å²) < 4.78 is 0. The van der Waals surface area contributed by atoms with Crippen LogP contribution in [0.3, 0.4) is 0 Å². The summed E-state index contributed by atoms with van der Waals surface area (Å²) >= 11 is 1.47. The van der Waals surface area contributed by atoms with Crippen LogP contribution in [0.15, 0.2) is 5.38 Å². The van der Waals surface area contributed by atoms with E-state index in [-0.39, 0.29) is 5.69 Å². The van der Waals surface area contributed by atoms with Crippen LogP contribution in [0, 0.1) is 0 Å². The summed E-state index contributed by atoms with van der Waals surface area (Å²) in [5.74, 6) is -0.495. The summed E-state index contributed by atoms with van der Waals surface area (Å²) in [6, 6.07) is 0. The number of aromatic carboxylic acids is 1. The van der Waals surface area contributed by atoms with Gasteiger partial charge in [0.1, 0.15) is 0 Å². The quantitative estimate of drug-likeness (QED) is 0.851. The Morgan fingerprint density at radius 1 is 1.80 bits per heavy atom. The predicted octanol–water partition coefficient (Wildman–Crippen LogP) is 1.65. The van der Waals surface area contributed by atoms with Crippen molar-refractivity contribution in [2.45, 2.75) is 19.3 Å². The Morgan fingerprint density at radius 2 is 2.60 bits per heavy atom. The molecule has 5 heteroatoms. The zero-order valence-electron chi connectivity index (χ0n) is 8.64. The minimum absolute atomic E-state index is 0.185. The molecule has 0 amide bonds. The van der Waals surface area contributed by atoms with Gasteiger partial charge in [-0.25, -0.2) is 9.78 Å². The van der Waals surface area contributed by atoms with E-state index >= 15 is 0 Å². The molecule has 1 atom stereocenters. The van der Waals surface area contributed by atoms with Gasteiger partial charge in [-0.15, -0.1) is 11.3 Å². The van der Waals surface area contributed by atoms with E-state index in [2.05, 4.69) is 16.8 Å². The molecule has 4 nitrogen and oxygen atoms in total. The van der Waals surface area contributed by atoms with Crippen LogP contribution in [0.4, 0.5) is 0 Å². The molecule has 0 aromatic carbocycles. The highest BCUT2D eigenvalue weighted by Gasteiger charge is 2.25. The SMILES string of the molecule is CCN1CCC(c2nc(C(=O)O)cs2)C1. The number of carboxylic acid groups (broad SMARTS) is 1. The van der Waals surface area contributed by atoms with Gasteiger partial charge in [0.25, 0.3) is 0 Å². The summed E-state index contributed by atoms with van der Waals surface area (Å²) in [4.78, 5) is 17.2. The summed E-state index contributed by atoms with van der Waals surface area (Å²) in [5, 5.41) is 11.4. The zero-order chi connectivity index (χ0) is 10.8. The number of hydrogen-bond donors (Lipinski definition) is 1. The molecular formula is C10H14N2O2S. The van der Waals surface area contributed by atoms with Crippen LogP contribution in [0.25, 0.3) is 0 Å². The zero-order valence-corrected chi connectivity index (χ0v) is 9.46. The number of likely N-dealkylation sites (tertiary alicyclic amines) is 1. The molecule has 1 unspecified atom stereocenters. The smallest absolute Gasteiger partial charge is 0.355 e. The molecule has 1 aliphatic heterocycles. The van der Waals surface area contributed by atoms with E-state index in [1.165, 1.54) is 11.3 Å². The summed E-state index contributed by atoms with van der Waals surface area (Å²) in [6.07, 6.45) is 1.10. The first-order valence-corrected chi connectivity index (χ1v) is 5.99. The van der Waals surface area contributed by atoms with Crippen LogP contribution in [0.2, 0.25) is 0 Å². The minimum atomic E-state index is -0.928. The van der Waals surface area contributed by atoms with Crippen LogP contribution in [0.1, 0.15) is 34.8 Å². The van der Waals surface area contributed by atoms with Crippen LogP contribution in [-0.4, -0.2) is 40.6 Å². The molecule has 1 aliphatic rings. The third-order valence-electron chi connectivity index (χ3n) is 2.81. The van der Waals surface area contributed by atoms with Crippen molar-refractivity contribution in [2.24, 2.45) is 0 Å². The molecule has 1 N–H and O–H groups in total. The Balaban J connectivity index is 2.07. The second-order valence-electron chi connectivity index (χ2n) is 3.75. The van der Waals surface area contributed by atoms with Crippen molar-refractivity contribution in [2.75, 3.05) is 19.6 Å². The molecule has 0 saturated carbocycles. The highest BCUT2D eigenvalue weighted by Crippen LogP contribution is 2.29. The number of hydrogen-bond acceptors (Lipinski definition) is 4. The lowest BCUT2D eigenvalue weighted by molar-refractivity contribution is 0.0691. The van der Waals surface area contributed by atoms with E-state index < -0.39 is 5.97 Å². The van der Waals surface area contributed by atoms with E-state index in [1.54, 1.807) is 5.38 Å². The Morgan fingerprint density at radius 3 is 3.13 bits per heavy atom. The normalized spacial score (nSPS) is 22.1. The second kappa shape index (κ2) is 4.28. The fraction of sp³-hybridized carbons (Fsp3) is 0.600. The highest BCUT2D eigenvalue weighted by atomic mass is 32.1. The van der Waals surface area contributed by atoms with E-state index in [1.807, 2.05) is 0 Å². The standard InChI is InChI=1S/C10H14N2O2S/c1-2-12-4-3-7(5-12)9-11-8(6-15-9)10(13)14/h6-7H,2-5H2,1H3,(H,13,14). The van der Waals surface area contributed by atoms with Crippen molar-refractivity contribution >= 4 is 17.3 Å². The first-order valence-electron chi connectivity index (χ1n) is 5.11. The fourth-order valence-corrected chi connectivity index (χ4v) is 2.82. The van der Waals surface area contributed by atoms with Crippen LogP contribution in [-0.2, 0) is 0 Å². The van der Waals surface area contributed by atoms with Gasteiger partial charge in [-0.3, -0.25) is 0 Å². The minimum Gasteiger partial charge on any atom is -0.476 e. The molecule has 0 aliphatic carbocycles. The van der Waals surface area contributed by atoms with Crippen molar-refractivity contribution in [1.82, 2.24) is 9.88 Å². The maximum absolute atomic E-state index is 10.7. The molecule has 2 heterocycles. The van der Waals surface area contributed by atoms with Gasteiger partial charge in [0.05, 0.1) is 5.01 Å². The fourth-order valence-electron chi connectivity index (χ4n) is 1.89. The number of carboxylic acids is 1. The molecule has 82 valence electrons. The average Bonchev–Trinajstić information content (AvgIpc) is 2.86. The number of rotatable bonds is 3. The largest absolute Gasteiger partial charge is 0.476 e. The number of likely N-dealkylation sites (N-methyl/N-ethyl adjacent to an activating group) is 1. The van der Waals surface area contributed by atoms with E-state index in [0.717, 1.165) is 31.1 Å². The number of nitrogens with zero attached hydrogens (tertiary/aromatic N) is 2. The van der Waals surface area contributed by atoms with E-state index in [9.17, 15) is 4.79 Å². The van der Waals surface area contributed by atoms with Gasteiger partial charge in [-0.05, 0) is 19.5 Å². The van der Waals surface area contributed by atoms with Crippen LogP contribution >= 0.6 is 11.3 Å². The lowest BCUT2D eigenvalue weighted by Gasteiger charge is -2.11. The van der Waals surface area contributed by atoms with Crippen molar-refractivity contribution in [3.8, 4) is 0 Å². The van der Waals surface area contributed by atoms with Crippen molar-refractivity contribution in [3.63, 3.8) is 0 Å². The molecular weight excluding hydrogens is 212 g/mol. The topological polar surface area (TPSA) is 53.4 Å². The Kier molecular flexibility index (Phi) is 3.02. The van der Waals surface area contributed by atoms with Gasteiger partial charge in [-0.1, -0.05) is 6.92 Å². The highest BCUT2D eigenvalue weighted by molar-refractivity contribution is 7.09. The van der Waals surface area contributed by atoms with E-state index in [0.29, 0.717) is 5.92 Å². The van der Waals surface area contributed by atoms with Crippen molar-refractivity contribution in [1.29, 1.82) is 0 Å². The lowest BCUT2D eigenvalue weighted by Crippen LogP contribution is -2.19. The molecule has 1 aromatic heterocycles. The lowest BCUT2D eigenvalue weighted by atomic mass is 10.1. The molecule has 0 radical (unpaired) electrons. The molecule has 1 aromatic rings. The predicted molar refractivity (Wildman–Crippen MR) is 58.5 cm³/mol. The van der Waals surface area contributed by atoms with Crippen LogP contribution in [0.5, 0.6) is 0 Å². The number of aromatic nitrogens is 1. The molecule has 1 fully saturated rings. The summed E-state index contributed by atoms with van der Waals surface area (Å²) in [5.41, 5.74) is 0.185. The first-order chi connectivity index (χ1) is 7.20. The number of carbonyl (C=O) groups is 1. The van der Waals surface area contributed by atoms with Gasteiger partial charge in [-0.2, -0.15) is 0 Å². The van der Waals surface area contributed by atoms with Gasteiger partial charge in [0.15, 0.2) is 5.69 Å². The maximum atomic E-state index is 10.7. The second-order valence-corrected chi connectivity index (χ2v) is 4.64. The molecule has 2 rings (SSSR count). The maximum Gasteiger partial charge on any atom is 0.355 e. The molecule has 0 bridgehead atoms. The third-order valence-corrected chi connectivity index (χ3v) is 3.82. The molecule has 15 heavy (non-hydrogen) atoms. The molecule has 1 saturated heterocycles. The van der Waals surface area contributed by atoms with Gasteiger partial charge in [0.2, 0.25) is 0 Å². The number of thiazole rings is 1. The van der Waals surface area contributed by atoms with Gasteiger partial charge >= 0.3 is 5.97 Å². The molecule has 0 spiro atoms. The first kappa shape index (κ1) is 10.6. The van der Waals surface area contributed by atoms with Gasteiger partial charge in [0, 0.05) is 17.8 Å². The summed E-state index contributed by atoms with van der Waals surface area (Å²) in [7, 11) is 0. The average molecular weight is 226 g/mol. The summed E-state index contributed by atoms with van der Waals surface area (Å²) in [6.45, 7) is 5.33. The van der Waals surface area contributed by atoms with Crippen molar-refractivity contribution < 1.29 is 9.90 Å². The monoisotopic (exact) mass is 226 g/mol. The van der Waals surface area contributed by atoms with Gasteiger partial charge < -0.3 is 10.0 Å². The third kappa shape index (κ3) is 2.18.